The lowest BCUT2D eigenvalue weighted by Crippen LogP contribution is -2.32. The smallest absolute Gasteiger partial charge is 0.379 e. The lowest BCUT2D eigenvalue weighted by atomic mass is 10.0. The van der Waals surface area contributed by atoms with Gasteiger partial charge in [-0.05, 0) is 12.3 Å². The summed E-state index contributed by atoms with van der Waals surface area (Å²) in [6, 6.07) is 0.0622. The van der Waals surface area contributed by atoms with E-state index in [-0.39, 0.29) is 22.7 Å². The normalized spacial score (nSPS) is 13.6. The molecule has 1 aromatic rings. The molecule has 0 aromatic carbocycles. The van der Waals surface area contributed by atoms with Crippen molar-refractivity contribution in [2.24, 2.45) is 5.92 Å². The molecular formula is C12H17ClF3N3O. The molecule has 1 N–H and O–H groups in total. The van der Waals surface area contributed by atoms with Crippen LogP contribution in [0.2, 0.25) is 5.02 Å². The van der Waals surface area contributed by atoms with Crippen molar-refractivity contribution < 1.29 is 13.2 Å². The zero-order valence-corrected chi connectivity index (χ0v) is 12.2. The highest BCUT2D eigenvalue weighted by atomic mass is 35.5. The molecule has 8 heteroatoms. The summed E-state index contributed by atoms with van der Waals surface area (Å²) in [5.41, 5.74) is -0.691. The Morgan fingerprint density at radius 2 is 2.05 bits per heavy atom. The minimum atomic E-state index is -4.51. The zero-order valence-electron chi connectivity index (χ0n) is 11.5. The Hall–Kier alpha value is -1.24. The number of aromatic nitrogens is 2. The van der Waals surface area contributed by atoms with Crippen LogP contribution in [0.5, 0.6) is 0 Å². The van der Waals surface area contributed by atoms with Crippen molar-refractivity contribution in [3.63, 3.8) is 0 Å². The highest BCUT2D eigenvalue weighted by Crippen LogP contribution is 2.21. The molecule has 0 aliphatic carbocycles. The first-order chi connectivity index (χ1) is 9.15. The lowest BCUT2D eigenvalue weighted by Gasteiger charge is -2.22. The van der Waals surface area contributed by atoms with Crippen molar-refractivity contribution in [1.29, 1.82) is 0 Å². The molecule has 4 nitrogen and oxygen atoms in total. The van der Waals surface area contributed by atoms with Gasteiger partial charge < -0.3 is 5.32 Å². The van der Waals surface area contributed by atoms with Crippen LogP contribution < -0.4 is 10.9 Å². The quantitative estimate of drug-likeness (QED) is 0.907. The molecule has 0 saturated heterocycles. The number of halogens is 4. The van der Waals surface area contributed by atoms with Crippen LogP contribution in [0.15, 0.2) is 11.0 Å². The molecular weight excluding hydrogens is 295 g/mol. The molecule has 0 saturated carbocycles. The van der Waals surface area contributed by atoms with E-state index in [2.05, 4.69) is 10.4 Å². The van der Waals surface area contributed by atoms with Crippen LogP contribution in [0, 0.1) is 5.92 Å². The number of hydrogen-bond donors (Lipinski definition) is 1. The van der Waals surface area contributed by atoms with Gasteiger partial charge in [-0.25, -0.2) is 4.68 Å². The average molecular weight is 312 g/mol. The molecule has 1 heterocycles. The summed E-state index contributed by atoms with van der Waals surface area (Å²) >= 11 is 5.83. The number of nitrogens with one attached hydrogen (secondary N) is 1. The van der Waals surface area contributed by atoms with E-state index in [0.717, 1.165) is 12.6 Å². The van der Waals surface area contributed by atoms with E-state index in [9.17, 15) is 18.0 Å². The summed E-state index contributed by atoms with van der Waals surface area (Å²) < 4.78 is 37.1. The fraction of sp³-hybridized carbons (Fsp3) is 0.667. The second-order valence-corrected chi connectivity index (χ2v) is 5.23. The van der Waals surface area contributed by atoms with E-state index in [1.165, 1.54) is 0 Å². The summed E-state index contributed by atoms with van der Waals surface area (Å²) in [7, 11) is 0. The first-order valence-electron chi connectivity index (χ1n) is 6.24. The molecule has 0 radical (unpaired) electrons. The van der Waals surface area contributed by atoms with Gasteiger partial charge in [0.15, 0.2) is 0 Å². The van der Waals surface area contributed by atoms with Crippen molar-refractivity contribution >= 4 is 17.3 Å². The molecule has 1 unspecified atom stereocenters. The van der Waals surface area contributed by atoms with Crippen molar-refractivity contribution in [3.8, 4) is 0 Å². The van der Waals surface area contributed by atoms with Gasteiger partial charge >= 0.3 is 6.18 Å². The Morgan fingerprint density at radius 3 is 2.50 bits per heavy atom. The maximum atomic E-state index is 12.3. The molecule has 0 aliphatic rings. The van der Waals surface area contributed by atoms with Crippen LogP contribution in [0.4, 0.5) is 18.9 Å². The minimum absolute atomic E-state index is 0.0622. The van der Waals surface area contributed by atoms with Crippen LogP contribution in [0.1, 0.15) is 27.2 Å². The summed E-state index contributed by atoms with van der Waals surface area (Å²) in [6.45, 7) is 4.50. The van der Waals surface area contributed by atoms with Gasteiger partial charge in [-0.1, -0.05) is 32.4 Å². The Morgan fingerprint density at radius 1 is 1.45 bits per heavy atom. The zero-order chi connectivity index (χ0) is 15.5. The van der Waals surface area contributed by atoms with Crippen molar-refractivity contribution in [3.05, 3.63) is 21.6 Å². The molecule has 0 amide bonds. The molecule has 114 valence electrons. The van der Waals surface area contributed by atoms with E-state index in [0.29, 0.717) is 4.68 Å². The van der Waals surface area contributed by atoms with Crippen LogP contribution >= 0.6 is 11.6 Å². The predicted molar refractivity (Wildman–Crippen MR) is 72.1 cm³/mol. The van der Waals surface area contributed by atoms with Gasteiger partial charge in [-0.2, -0.15) is 18.3 Å². The first kappa shape index (κ1) is 16.8. The maximum absolute atomic E-state index is 12.3. The molecule has 0 aliphatic heterocycles. The molecule has 20 heavy (non-hydrogen) atoms. The SMILES string of the molecule is CCC(Nc1cnn(CC(F)(F)F)c(=O)c1Cl)C(C)C. The number of hydrogen-bond acceptors (Lipinski definition) is 3. The van der Waals surface area contributed by atoms with Crippen LogP contribution in [-0.2, 0) is 6.54 Å². The third kappa shape index (κ3) is 4.40. The van der Waals surface area contributed by atoms with Gasteiger partial charge in [0.2, 0.25) is 0 Å². The second-order valence-electron chi connectivity index (χ2n) is 4.85. The molecule has 0 bridgehead atoms. The minimum Gasteiger partial charge on any atom is -0.379 e. The van der Waals surface area contributed by atoms with E-state index in [1.54, 1.807) is 0 Å². The van der Waals surface area contributed by atoms with Gasteiger partial charge in [-0.15, -0.1) is 0 Å². The van der Waals surface area contributed by atoms with Crippen LogP contribution in [0.25, 0.3) is 0 Å². The van der Waals surface area contributed by atoms with Crippen LogP contribution in [-0.4, -0.2) is 22.0 Å². The van der Waals surface area contributed by atoms with E-state index in [1.807, 2.05) is 20.8 Å². The van der Waals surface area contributed by atoms with Crippen molar-refractivity contribution in [2.45, 2.75) is 46.0 Å². The second kappa shape index (κ2) is 6.47. The van der Waals surface area contributed by atoms with Gasteiger partial charge in [0.05, 0.1) is 11.9 Å². The first-order valence-corrected chi connectivity index (χ1v) is 6.62. The van der Waals surface area contributed by atoms with E-state index >= 15 is 0 Å². The Balaban J connectivity index is 3.03. The molecule has 0 fully saturated rings. The van der Waals surface area contributed by atoms with Gasteiger partial charge in [0, 0.05) is 6.04 Å². The van der Waals surface area contributed by atoms with Crippen LogP contribution in [0.3, 0.4) is 0 Å². The highest BCUT2D eigenvalue weighted by molar-refractivity contribution is 6.32. The van der Waals surface area contributed by atoms with Gasteiger partial charge in [-0.3, -0.25) is 4.79 Å². The molecule has 1 atom stereocenters. The number of anilines is 1. The van der Waals surface area contributed by atoms with Gasteiger partial charge in [0.1, 0.15) is 11.6 Å². The van der Waals surface area contributed by atoms with E-state index < -0.39 is 18.3 Å². The largest absolute Gasteiger partial charge is 0.408 e. The Kier molecular flexibility index (Phi) is 5.44. The van der Waals surface area contributed by atoms with Crippen molar-refractivity contribution in [1.82, 2.24) is 9.78 Å². The van der Waals surface area contributed by atoms with Gasteiger partial charge in [0.25, 0.3) is 5.56 Å². The summed E-state index contributed by atoms with van der Waals surface area (Å²) in [5, 5.41) is 6.27. The summed E-state index contributed by atoms with van der Waals surface area (Å²) in [4.78, 5) is 11.7. The maximum Gasteiger partial charge on any atom is 0.408 e. The molecule has 1 aromatic heterocycles. The molecule has 0 spiro atoms. The molecule has 1 rings (SSSR count). The Bertz CT molecular complexity index is 514. The highest BCUT2D eigenvalue weighted by Gasteiger charge is 2.30. The van der Waals surface area contributed by atoms with E-state index in [4.69, 9.17) is 11.6 Å². The van der Waals surface area contributed by atoms with Crippen molar-refractivity contribution in [2.75, 3.05) is 5.32 Å². The fourth-order valence-corrected chi connectivity index (χ4v) is 1.99. The number of alkyl halides is 3. The number of nitrogens with zero attached hydrogens (tertiary/aromatic N) is 2. The topological polar surface area (TPSA) is 46.9 Å². The Labute approximate surface area is 119 Å². The lowest BCUT2D eigenvalue weighted by molar-refractivity contribution is -0.143. The fourth-order valence-electron chi connectivity index (χ4n) is 1.79. The monoisotopic (exact) mass is 311 g/mol. The average Bonchev–Trinajstić information content (AvgIpc) is 2.32. The number of rotatable bonds is 5. The summed E-state index contributed by atoms with van der Waals surface area (Å²) in [5.74, 6) is 0.286. The third-order valence-corrected chi connectivity index (χ3v) is 3.26. The summed E-state index contributed by atoms with van der Waals surface area (Å²) in [6.07, 6.45) is -2.57. The standard InChI is InChI=1S/C12H17ClF3N3O/c1-4-8(7(2)3)18-9-5-17-19(6-12(14,15)16)11(20)10(9)13/h5,7-8,18H,4,6H2,1-3H3. The third-order valence-electron chi connectivity index (χ3n) is 2.90. The predicted octanol–water partition coefficient (Wildman–Crippen LogP) is 3.31.